The number of benzene rings is 2. The Labute approximate surface area is 287 Å². The van der Waals surface area contributed by atoms with Gasteiger partial charge in [0.2, 0.25) is 0 Å². The number of hydrogen-bond donors (Lipinski definition) is 0. The van der Waals surface area contributed by atoms with Crippen molar-refractivity contribution in [1.29, 1.82) is 0 Å². The number of carbonyl (C=O) groups excluding carboxylic acids is 1. The van der Waals surface area contributed by atoms with Gasteiger partial charge in [0.1, 0.15) is 6.10 Å². The van der Waals surface area contributed by atoms with Gasteiger partial charge in [-0.2, -0.15) is 17.2 Å². The Morgan fingerprint density at radius 2 is 1.73 bits per heavy atom. The molecule has 1 aromatic heterocycles. The van der Waals surface area contributed by atoms with E-state index in [4.69, 9.17) is 46.3 Å². The number of hydrogen-bond acceptors (Lipinski definition) is 11. The topological polar surface area (TPSA) is 123 Å². The van der Waals surface area contributed by atoms with Crippen molar-refractivity contribution in [3.8, 4) is 23.0 Å². The van der Waals surface area contributed by atoms with Crippen molar-refractivity contribution in [2.45, 2.75) is 32.0 Å². The van der Waals surface area contributed by atoms with Gasteiger partial charge in [0.25, 0.3) is 0 Å². The van der Waals surface area contributed by atoms with Crippen molar-refractivity contribution in [1.82, 2.24) is 9.88 Å². The lowest BCUT2D eigenvalue weighted by atomic mass is 10.0. The highest BCUT2D eigenvalue weighted by Gasteiger charge is 2.27. The minimum Gasteiger partial charge on any atom is -0.493 e. The summed E-state index contributed by atoms with van der Waals surface area (Å²) < 4.78 is 84.6. The average Bonchev–Trinajstić information content (AvgIpc) is 3.89. The predicted molar refractivity (Wildman–Crippen MR) is 172 cm³/mol. The van der Waals surface area contributed by atoms with E-state index in [0.29, 0.717) is 50.0 Å². The van der Waals surface area contributed by atoms with E-state index in [9.17, 15) is 22.0 Å². The molecule has 1 aliphatic carbocycles. The second-order valence-corrected chi connectivity index (χ2v) is 13.7. The first-order valence-electron chi connectivity index (χ1n) is 15.1. The summed E-state index contributed by atoms with van der Waals surface area (Å²) in [6.07, 6.45) is 3.61. The van der Waals surface area contributed by atoms with E-state index in [2.05, 4.69) is 9.72 Å². The molecule has 1 atom stereocenters. The lowest BCUT2D eigenvalue weighted by molar-refractivity contribution is -0.0515. The third-order valence-corrected chi connectivity index (χ3v) is 9.46. The van der Waals surface area contributed by atoms with E-state index in [1.807, 2.05) is 4.90 Å². The molecule has 5 rings (SSSR count). The maximum Gasteiger partial charge on any atom is 0.387 e. The van der Waals surface area contributed by atoms with Gasteiger partial charge in [0, 0.05) is 44.5 Å². The first-order chi connectivity index (χ1) is 23.0. The number of halogens is 4. The molecule has 11 nitrogen and oxygen atoms in total. The van der Waals surface area contributed by atoms with Crippen LogP contribution in [0.25, 0.3) is 0 Å². The van der Waals surface area contributed by atoms with Crippen LogP contribution in [0.5, 0.6) is 23.0 Å². The number of pyridine rings is 1. The molecule has 16 heteroatoms. The summed E-state index contributed by atoms with van der Waals surface area (Å²) in [6, 6.07) is 8.22. The van der Waals surface area contributed by atoms with Gasteiger partial charge in [-0.25, -0.2) is 4.79 Å². The van der Waals surface area contributed by atoms with Crippen LogP contribution in [0.1, 0.15) is 40.4 Å². The molecule has 0 radical (unpaired) electrons. The summed E-state index contributed by atoms with van der Waals surface area (Å²) in [4.78, 5) is 19.6. The van der Waals surface area contributed by atoms with Gasteiger partial charge in [0.05, 0.1) is 48.3 Å². The van der Waals surface area contributed by atoms with Gasteiger partial charge < -0.3 is 27.9 Å². The van der Waals surface area contributed by atoms with Gasteiger partial charge in [-0.05, 0) is 54.2 Å². The molecule has 3 aromatic rings. The number of methoxy groups -OCH3 is 1. The monoisotopic (exact) mass is 730 g/mol. The Bertz CT molecular complexity index is 1670. The zero-order valence-corrected chi connectivity index (χ0v) is 28.2. The Hall–Kier alpha value is -3.43. The molecule has 0 spiro atoms. The smallest absolute Gasteiger partial charge is 0.387 e. The van der Waals surface area contributed by atoms with E-state index in [-0.39, 0.29) is 57.3 Å². The molecule has 0 unspecified atom stereocenters. The molecule has 48 heavy (non-hydrogen) atoms. The van der Waals surface area contributed by atoms with Crippen molar-refractivity contribution in [2.24, 2.45) is 5.92 Å². The van der Waals surface area contributed by atoms with Crippen molar-refractivity contribution in [3.05, 3.63) is 75.5 Å². The van der Waals surface area contributed by atoms with Crippen molar-refractivity contribution in [3.63, 3.8) is 0 Å². The van der Waals surface area contributed by atoms with Crippen molar-refractivity contribution >= 4 is 39.3 Å². The second kappa shape index (κ2) is 16.3. The van der Waals surface area contributed by atoms with Crippen molar-refractivity contribution in [2.75, 3.05) is 52.3 Å². The van der Waals surface area contributed by atoms with Crippen LogP contribution in [0, 0.1) is 5.92 Å². The summed E-state index contributed by atoms with van der Waals surface area (Å²) in [5, 5.41) is 0.433. The quantitative estimate of drug-likeness (QED) is 0.128. The molecule has 2 aromatic carbocycles. The van der Waals surface area contributed by atoms with E-state index < -0.39 is 28.8 Å². The van der Waals surface area contributed by atoms with Gasteiger partial charge in [0.15, 0.2) is 23.0 Å². The molecule has 2 heterocycles. The molecule has 1 aliphatic heterocycles. The molecular formula is C32H34Cl2F2N2O9S. The van der Waals surface area contributed by atoms with E-state index >= 15 is 0 Å². The predicted octanol–water partition coefficient (Wildman–Crippen LogP) is 5.97. The SMILES string of the molecule is COc1ccc(C(=O)O[C@@H](Cc2c(Cl)cncc2Cl)c2ccc(OC(F)F)c(OCC3CC3)c2)cc1OS(=O)(=O)CCN1CCOCC1. The Morgan fingerprint density at radius 3 is 2.40 bits per heavy atom. The van der Waals surface area contributed by atoms with Crippen LogP contribution < -0.4 is 18.4 Å². The number of rotatable bonds is 16. The Balaban J connectivity index is 1.41. The summed E-state index contributed by atoms with van der Waals surface area (Å²) in [7, 11) is -2.74. The summed E-state index contributed by atoms with van der Waals surface area (Å²) >= 11 is 12.8. The summed E-state index contributed by atoms with van der Waals surface area (Å²) in [6.45, 7) is -0.300. The van der Waals surface area contributed by atoms with Crippen LogP contribution >= 0.6 is 23.2 Å². The summed E-state index contributed by atoms with van der Waals surface area (Å²) in [5.74, 6) is -1.08. The van der Waals surface area contributed by atoms with Gasteiger partial charge in [-0.3, -0.25) is 9.88 Å². The number of ether oxygens (including phenoxy) is 5. The van der Waals surface area contributed by atoms with Crippen LogP contribution in [0.4, 0.5) is 8.78 Å². The molecule has 0 bridgehead atoms. The average molecular weight is 732 g/mol. The highest BCUT2D eigenvalue weighted by molar-refractivity contribution is 7.87. The molecule has 2 fully saturated rings. The first-order valence-corrected chi connectivity index (χ1v) is 17.5. The number of carbonyl (C=O) groups is 1. The molecule has 2 aliphatic rings. The molecule has 0 amide bonds. The maximum atomic E-state index is 13.6. The second-order valence-electron chi connectivity index (χ2n) is 11.2. The van der Waals surface area contributed by atoms with Crippen LogP contribution in [0.15, 0.2) is 48.8 Å². The summed E-state index contributed by atoms with van der Waals surface area (Å²) in [5.41, 5.74) is 0.744. The largest absolute Gasteiger partial charge is 0.493 e. The van der Waals surface area contributed by atoms with E-state index in [1.165, 1.54) is 55.9 Å². The minimum atomic E-state index is -4.08. The molecular weight excluding hydrogens is 697 g/mol. The normalized spacial score (nSPS) is 16.0. The number of morpholine rings is 1. The number of alkyl halides is 2. The van der Waals surface area contributed by atoms with Crippen LogP contribution in [-0.2, 0) is 26.0 Å². The first kappa shape index (κ1) is 35.9. The lowest BCUT2D eigenvalue weighted by Gasteiger charge is -2.26. The van der Waals surface area contributed by atoms with Crippen LogP contribution in [-0.4, -0.2) is 83.2 Å². The third-order valence-electron chi connectivity index (χ3n) is 7.70. The van der Waals surface area contributed by atoms with Crippen LogP contribution in [0.3, 0.4) is 0 Å². The fourth-order valence-electron chi connectivity index (χ4n) is 4.88. The van der Waals surface area contributed by atoms with Gasteiger partial charge in [-0.15, -0.1) is 0 Å². The Morgan fingerprint density at radius 1 is 1.02 bits per heavy atom. The third kappa shape index (κ3) is 10.0. The molecule has 1 saturated heterocycles. The minimum absolute atomic E-state index is 0.0293. The lowest BCUT2D eigenvalue weighted by Crippen LogP contribution is -2.39. The fraction of sp³-hybridized carbons (Fsp3) is 0.438. The van der Waals surface area contributed by atoms with Gasteiger partial charge in [-0.1, -0.05) is 29.3 Å². The fourth-order valence-corrected chi connectivity index (χ4v) is 6.37. The molecule has 0 N–H and O–H groups in total. The number of nitrogens with zero attached hydrogens (tertiary/aromatic N) is 2. The van der Waals surface area contributed by atoms with Crippen LogP contribution in [0.2, 0.25) is 10.0 Å². The highest BCUT2D eigenvalue weighted by atomic mass is 35.5. The molecule has 260 valence electrons. The standard InChI is InChI=1S/C32H34Cl2F2N2O9S/c1-42-26-6-5-22(15-30(26)47-48(40,41)13-10-38-8-11-43-12-9-38)31(39)45-28(16-23-24(33)17-37-18-25(23)34)21-4-7-27(46-32(35)36)29(14-21)44-19-20-2-3-20/h4-7,14-15,17-18,20,28,32H,2-3,8-13,16,19H2,1H3/t28-/m0/s1. The zero-order valence-electron chi connectivity index (χ0n) is 25.9. The van der Waals surface area contributed by atoms with Crippen molar-refractivity contribution < 1.29 is 49.9 Å². The Kier molecular flexibility index (Phi) is 12.2. The van der Waals surface area contributed by atoms with E-state index in [1.54, 1.807) is 0 Å². The number of esters is 1. The van der Waals surface area contributed by atoms with Gasteiger partial charge >= 0.3 is 22.7 Å². The maximum absolute atomic E-state index is 13.6. The highest BCUT2D eigenvalue weighted by Crippen LogP contribution is 2.38. The zero-order chi connectivity index (χ0) is 34.3. The molecule has 1 saturated carbocycles. The number of aromatic nitrogens is 1. The van der Waals surface area contributed by atoms with E-state index in [0.717, 1.165) is 12.8 Å².